The highest BCUT2D eigenvalue weighted by atomic mass is 16.5. The Kier molecular flexibility index (Phi) is 5.47. The smallest absolute Gasteiger partial charge is 0.0500 e. The van der Waals surface area contributed by atoms with Crippen LogP contribution < -0.4 is 0 Å². The summed E-state index contributed by atoms with van der Waals surface area (Å²) in [7, 11) is 0. The van der Waals surface area contributed by atoms with Gasteiger partial charge < -0.3 is 4.74 Å². The van der Waals surface area contributed by atoms with Crippen LogP contribution in [-0.2, 0) is 4.74 Å². The molecule has 1 aliphatic carbocycles. The van der Waals surface area contributed by atoms with Gasteiger partial charge in [0.1, 0.15) is 0 Å². The topological polar surface area (TPSA) is 9.23 Å². The molecule has 1 saturated carbocycles. The predicted molar refractivity (Wildman–Crippen MR) is 76.8 cm³/mol. The highest BCUT2D eigenvalue weighted by Crippen LogP contribution is 2.35. The van der Waals surface area contributed by atoms with Crippen molar-refractivity contribution in [2.45, 2.75) is 44.9 Å². The third kappa shape index (κ3) is 3.99. The molecule has 0 heterocycles. The molecule has 0 aliphatic heterocycles. The summed E-state index contributed by atoms with van der Waals surface area (Å²) in [6.45, 7) is 3.76. The van der Waals surface area contributed by atoms with E-state index in [0.29, 0.717) is 0 Å². The lowest BCUT2D eigenvalue weighted by atomic mass is 9.81. The zero-order valence-corrected chi connectivity index (χ0v) is 11.4. The fourth-order valence-corrected chi connectivity index (χ4v) is 2.74. The molecule has 0 N–H and O–H groups in total. The van der Waals surface area contributed by atoms with Crippen LogP contribution in [0.25, 0.3) is 0 Å². The monoisotopic (exact) mass is 244 g/mol. The molecule has 98 valence electrons. The summed E-state index contributed by atoms with van der Waals surface area (Å²) in [4.78, 5) is 0. The summed E-state index contributed by atoms with van der Waals surface area (Å²) in [6.07, 6.45) is 8.64. The molecule has 0 spiro atoms. The first kappa shape index (κ1) is 13.4. The molecule has 1 aliphatic rings. The third-order valence-electron chi connectivity index (χ3n) is 3.80. The van der Waals surface area contributed by atoms with Gasteiger partial charge in [-0.2, -0.15) is 0 Å². The molecule has 1 aromatic carbocycles. The molecule has 0 atom stereocenters. The van der Waals surface area contributed by atoms with E-state index in [1.165, 1.54) is 31.2 Å². The maximum absolute atomic E-state index is 5.37. The van der Waals surface area contributed by atoms with E-state index in [2.05, 4.69) is 43.3 Å². The second kappa shape index (κ2) is 7.38. The Morgan fingerprint density at radius 1 is 1.17 bits per heavy atom. The molecule has 18 heavy (non-hydrogen) atoms. The normalized spacial score (nSPS) is 19.8. The molecular formula is C17H24O. The maximum Gasteiger partial charge on any atom is 0.0500 e. The van der Waals surface area contributed by atoms with Gasteiger partial charge in [-0.25, -0.2) is 0 Å². The summed E-state index contributed by atoms with van der Waals surface area (Å²) in [5.74, 6) is 0.773. The van der Waals surface area contributed by atoms with Gasteiger partial charge in [-0.1, -0.05) is 42.0 Å². The van der Waals surface area contributed by atoms with Gasteiger partial charge in [0, 0.05) is 13.2 Å². The van der Waals surface area contributed by atoms with Gasteiger partial charge >= 0.3 is 0 Å². The minimum absolute atomic E-state index is 0.773. The van der Waals surface area contributed by atoms with Gasteiger partial charge in [0.25, 0.3) is 0 Å². The van der Waals surface area contributed by atoms with Gasteiger partial charge in [0.15, 0.2) is 0 Å². The minimum atomic E-state index is 0.773. The van der Waals surface area contributed by atoms with Crippen molar-refractivity contribution in [2.24, 2.45) is 0 Å². The molecule has 0 aromatic heterocycles. The van der Waals surface area contributed by atoms with Gasteiger partial charge in [-0.15, -0.1) is 0 Å². The van der Waals surface area contributed by atoms with E-state index in [9.17, 15) is 0 Å². The Morgan fingerprint density at radius 2 is 1.89 bits per heavy atom. The zero-order valence-electron chi connectivity index (χ0n) is 11.4. The second-order valence-electron chi connectivity index (χ2n) is 5.03. The van der Waals surface area contributed by atoms with E-state index in [-0.39, 0.29) is 0 Å². The van der Waals surface area contributed by atoms with Crippen LogP contribution in [0.1, 0.15) is 50.5 Å². The van der Waals surface area contributed by atoms with Crippen molar-refractivity contribution >= 4 is 0 Å². The standard InChI is InChI=1S/C17H24O/c1-2-18-14-6-7-15-10-12-17(13-11-15)16-8-4-3-5-9-16/h3-5,7-9,17H,2,6,10-14H2,1H3. The Balaban J connectivity index is 1.78. The Labute approximate surface area is 111 Å². The number of hydrogen-bond donors (Lipinski definition) is 0. The number of rotatable bonds is 5. The van der Waals surface area contributed by atoms with Gasteiger partial charge in [-0.3, -0.25) is 0 Å². The Morgan fingerprint density at radius 3 is 2.56 bits per heavy atom. The third-order valence-corrected chi connectivity index (χ3v) is 3.80. The van der Waals surface area contributed by atoms with Crippen molar-refractivity contribution in [1.82, 2.24) is 0 Å². The largest absolute Gasteiger partial charge is 0.381 e. The fraction of sp³-hybridized carbons (Fsp3) is 0.529. The lowest BCUT2D eigenvalue weighted by Crippen LogP contribution is -2.06. The van der Waals surface area contributed by atoms with Crippen LogP contribution in [0.4, 0.5) is 0 Å². The van der Waals surface area contributed by atoms with Crippen LogP contribution >= 0.6 is 0 Å². The zero-order chi connectivity index (χ0) is 12.6. The van der Waals surface area contributed by atoms with Crippen molar-refractivity contribution in [1.29, 1.82) is 0 Å². The van der Waals surface area contributed by atoms with E-state index < -0.39 is 0 Å². The van der Waals surface area contributed by atoms with Crippen molar-refractivity contribution in [2.75, 3.05) is 13.2 Å². The first-order valence-electron chi connectivity index (χ1n) is 7.20. The molecule has 0 bridgehead atoms. The molecule has 0 radical (unpaired) electrons. The number of ether oxygens (including phenoxy) is 1. The summed E-state index contributed by atoms with van der Waals surface area (Å²) in [5.41, 5.74) is 3.16. The van der Waals surface area contributed by atoms with Crippen LogP contribution in [0.3, 0.4) is 0 Å². The molecule has 1 heteroatoms. The summed E-state index contributed by atoms with van der Waals surface area (Å²) in [6, 6.07) is 11.0. The number of allylic oxidation sites excluding steroid dienone is 1. The summed E-state index contributed by atoms with van der Waals surface area (Å²) < 4.78 is 5.37. The van der Waals surface area contributed by atoms with E-state index in [4.69, 9.17) is 4.74 Å². The summed E-state index contributed by atoms with van der Waals surface area (Å²) in [5, 5.41) is 0. The fourth-order valence-electron chi connectivity index (χ4n) is 2.74. The van der Waals surface area contributed by atoms with Crippen molar-refractivity contribution in [3.63, 3.8) is 0 Å². The average molecular weight is 244 g/mol. The molecule has 2 rings (SSSR count). The van der Waals surface area contributed by atoms with E-state index in [0.717, 1.165) is 25.6 Å². The average Bonchev–Trinajstić information content (AvgIpc) is 2.45. The van der Waals surface area contributed by atoms with E-state index in [1.807, 2.05) is 0 Å². The van der Waals surface area contributed by atoms with E-state index in [1.54, 1.807) is 5.57 Å². The SMILES string of the molecule is CCOCCC=C1CCC(c2ccccc2)CC1. The van der Waals surface area contributed by atoms with Crippen molar-refractivity contribution in [3.05, 3.63) is 47.5 Å². The maximum atomic E-state index is 5.37. The quantitative estimate of drug-likeness (QED) is 0.539. The van der Waals surface area contributed by atoms with Crippen molar-refractivity contribution in [3.8, 4) is 0 Å². The van der Waals surface area contributed by atoms with Crippen LogP contribution in [0.15, 0.2) is 42.0 Å². The number of benzene rings is 1. The van der Waals surface area contributed by atoms with Crippen LogP contribution in [0, 0.1) is 0 Å². The predicted octanol–water partition coefficient (Wildman–Crippen LogP) is 4.70. The molecule has 1 aromatic rings. The van der Waals surface area contributed by atoms with Gasteiger partial charge in [0.05, 0.1) is 0 Å². The second-order valence-corrected chi connectivity index (χ2v) is 5.03. The van der Waals surface area contributed by atoms with Crippen molar-refractivity contribution < 1.29 is 4.74 Å². The molecule has 1 nitrogen and oxygen atoms in total. The first-order chi connectivity index (χ1) is 8.90. The molecule has 0 amide bonds. The highest BCUT2D eigenvalue weighted by Gasteiger charge is 2.17. The van der Waals surface area contributed by atoms with Crippen LogP contribution in [0.2, 0.25) is 0 Å². The summed E-state index contributed by atoms with van der Waals surface area (Å²) >= 11 is 0. The lowest BCUT2D eigenvalue weighted by molar-refractivity contribution is 0.152. The van der Waals surface area contributed by atoms with Gasteiger partial charge in [-0.05, 0) is 50.5 Å². The van der Waals surface area contributed by atoms with Crippen LogP contribution in [0.5, 0.6) is 0 Å². The number of hydrogen-bond acceptors (Lipinski definition) is 1. The first-order valence-corrected chi connectivity index (χ1v) is 7.20. The molecule has 0 unspecified atom stereocenters. The lowest BCUT2D eigenvalue weighted by Gasteiger charge is -2.24. The molecule has 1 fully saturated rings. The Hall–Kier alpha value is -1.08. The molecule has 0 saturated heterocycles. The molecular weight excluding hydrogens is 220 g/mol. The van der Waals surface area contributed by atoms with Gasteiger partial charge in [0.2, 0.25) is 0 Å². The minimum Gasteiger partial charge on any atom is -0.381 e. The Bertz CT molecular complexity index is 356. The van der Waals surface area contributed by atoms with E-state index >= 15 is 0 Å². The van der Waals surface area contributed by atoms with Crippen LogP contribution in [-0.4, -0.2) is 13.2 Å². The highest BCUT2D eigenvalue weighted by molar-refractivity contribution is 5.22.